The summed E-state index contributed by atoms with van der Waals surface area (Å²) in [5.74, 6) is 1.25. The Labute approximate surface area is 116 Å². The lowest BCUT2D eigenvalue weighted by Crippen LogP contribution is -2.40. The van der Waals surface area contributed by atoms with Gasteiger partial charge < -0.3 is 9.47 Å². The zero-order valence-electron chi connectivity index (χ0n) is 10.8. The van der Waals surface area contributed by atoms with Crippen molar-refractivity contribution in [3.63, 3.8) is 0 Å². The van der Waals surface area contributed by atoms with Crippen molar-refractivity contribution in [2.45, 2.75) is 32.7 Å². The summed E-state index contributed by atoms with van der Waals surface area (Å²) in [4.78, 5) is 18.7. The number of aromatic nitrogens is 2. The Balaban J connectivity index is 2.22. The molecule has 0 spiro atoms. The second-order valence-electron chi connectivity index (χ2n) is 4.86. The number of aryl methyl sites for hydroxylation is 1. The largest absolute Gasteiger partial charge is 0.352 e. The molecule has 1 saturated heterocycles. The van der Waals surface area contributed by atoms with Crippen LogP contribution in [-0.2, 0) is 6.54 Å². The molecule has 1 aliphatic heterocycles. The zero-order valence-corrected chi connectivity index (χ0v) is 12.4. The molecule has 0 saturated carbocycles. The standard InChI is InChI=1S/C13H20BrN3O/c1-2-6-16-8-5-15-12(13(16)18)17-7-3-4-11(9-14)10-17/h5,8,11H,2-4,6-7,9-10H2,1H3. The Morgan fingerprint density at radius 2 is 2.39 bits per heavy atom. The molecule has 100 valence electrons. The van der Waals surface area contributed by atoms with Gasteiger partial charge in [-0.1, -0.05) is 22.9 Å². The summed E-state index contributed by atoms with van der Waals surface area (Å²) < 4.78 is 1.76. The molecule has 0 amide bonds. The van der Waals surface area contributed by atoms with Gasteiger partial charge in [0.25, 0.3) is 5.56 Å². The Kier molecular flexibility index (Phi) is 4.80. The summed E-state index contributed by atoms with van der Waals surface area (Å²) in [5.41, 5.74) is 0.0505. The molecule has 2 heterocycles. The van der Waals surface area contributed by atoms with E-state index in [0.29, 0.717) is 11.7 Å². The van der Waals surface area contributed by atoms with Crippen molar-refractivity contribution in [1.29, 1.82) is 0 Å². The van der Waals surface area contributed by atoms with Crippen LogP contribution < -0.4 is 10.5 Å². The summed E-state index contributed by atoms with van der Waals surface area (Å²) in [7, 11) is 0. The molecule has 18 heavy (non-hydrogen) atoms. The smallest absolute Gasteiger partial charge is 0.293 e. The molecule has 2 rings (SSSR count). The van der Waals surface area contributed by atoms with Crippen LogP contribution in [0.4, 0.5) is 5.82 Å². The second-order valence-corrected chi connectivity index (χ2v) is 5.51. The van der Waals surface area contributed by atoms with Crippen molar-refractivity contribution in [2.75, 3.05) is 23.3 Å². The third-order valence-electron chi connectivity index (χ3n) is 3.40. The number of hydrogen-bond acceptors (Lipinski definition) is 3. The van der Waals surface area contributed by atoms with Crippen molar-refractivity contribution >= 4 is 21.7 Å². The van der Waals surface area contributed by atoms with E-state index in [0.717, 1.165) is 37.8 Å². The number of nitrogens with zero attached hydrogens (tertiary/aromatic N) is 3. The molecule has 1 atom stereocenters. The molecule has 1 fully saturated rings. The maximum absolute atomic E-state index is 12.3. The summed E-state index contributed by atoms with van der Waals surface area (Å²) in [6.07, 6.45) is 6.86. The van der Waals surface area contributed by atoms with Gasteiger partial charge in [-0.15, -0.1) is 0 Å². The minimum Gasteiger partial charge on any atom is -0.352 e. The fourth-order valence-electron chi connectivity index (χ4n) is 2.45. The van der Waals surface area contributed by atoms with Crippen molar-refractivity contribution in [1.82, 2.24) is 9.55 Å². The first kappa shape index (κ1) is 13.6. The van der Waals surface area contributed by atoms with Gasteiger partial charge in [-0.2, -0.15) is 0 Å². The minimum absolute atomic E-state index is 0.0505. The van der Waals surface area contributed by atoms with E-state index < -0.39 is 0 Å². The molecule has 1 unspecified atom stereocenters. The van der Waals surface area contributed by atoms with E-state index in [1.165, 1.54) is 6.42 Å². The van der Waals surface area contributed by atoms with Crippen LogP contribution in [-0.4, -0.2) is 28.0 Å². The minimum atomic E-state index is 0.0505. The third kappa shape index (κ3) is 2.94. The highest BCUT2D eigenvalue weighted by Crippen LogP contribution is 2.20. The highest BCUT2D eigenvalue weighted by atomic mass is 79.9. The van der Waals surface area contributed by atoms with E-state index >= 15 is 0 Å². The Hall–Kier alpha value is -0.840. The van der Waals surface area contributed by atoms with Gasteiger partial charge in [0.05, 0.1) is 0 Å². The average Bonchev–Trinajstić information content (AvgIpc) is 2.41. The van der Waals surface area contributed by atoms with Gasteiger partial charge in [0.15, 0.2) is 5.82 Å². The fourth-order valence-corrected chi connectivity index (χ4v) is 2.98. The molecule has 0 aliphatic carbocycles. The lowest BCUT2D eigenvalue weighted by Gasteiger charge is -2.32. The lowest BCUT2D eigenvalue weighted by molar-refractivity contribution is 0.450. The van der Waals surface area contributed by atoms with Crippen LogP contribution in [0.2, 0.25) is 0 Å². The predicted octanol–water partition coefficient (Wildman–Crippen LogP) is 2.26. The molecule has 1 aromatic rings. The number of alkyl halides is 1. The molecular formula is C13H20BrN3O. The van der Waals surface area contributed by atoms with Gasteiger partial charge in [-0.25, -0.2) is 4.98 Å². The highest BCUT2D eigenvalue weighted by molar-refractivity contribution is 9.09. The topological polar surface area (TPSA) is 38.1 Å². The summed E-state index contributed by atoms with van der Waals surface area (Å²) in [6, 6.07) is 0. The molecule has 0 N–H and O–H groups in total. The number of hydrogen-bond donors (Lipinski definition) is 0. The fraction of sp³-hybridized carbons (Fsp3) is 0.692. The Bertz CT molecular complexity index is 446. The molecular weight excluding hydrogens is 294 g/mol. The van der Waals surface area contributed by atoms with Gasteiger partial charge in [0.2, 0.25) is 0 Å². The molecule has 5 heteroatoms. The zero-order chi connectivity index (χ0) is 13.0. The normalized spacial score (nSPS) is 20.1. The second kappa shape index (κ2) is 6.36. The molecule has 0 radical (unpaired) electrons. The van der Waals surface area contributed by atoms with Crippen LogP contribution in [0.15, 0.2) is 17.2 Å². The van der Waals surface area contributed by atoms with Crippen LogP contribution in [0.25, 0.3) is 0 Å². The van der Waals surface area contributed by atoms with Crippen LogP contribution in [0.1, 0.15) is 26.2 Å². The first-order valence-corrected chi connectivity index (χ1v) is 7.74. The molecule has 4 nitrogen and oxygen atoms in total. The van der Waals surface area contributed by atoms with E-state index in [2.05, 4.69) is 32.7 Å². The van der Waals surface area contributed by atoms with E-state index in [-0.39, 0.29) is 5.56 Å². The van der Waals surface area contributed by atoms with E-state index in [9.17, 15) is 4.79 Å². The number of anilines is 1. The van der Waals surface area contributed by atoms with Crippen molar-refractivity contribution in [3.8, 4) is 0 Å². The highest BCUT2D eigenvalue weighted by Gasteiger charge is 2.22. The van der Waals surface area contributed by atoms with Crippen LogP contribution in [0.5, 0.6) is 0 Å². The van der Waals surface area contributed by atoms with Crippen molar-refractivity contribution < 1.29 is 0 Å². The lowest BCUT2D eigenvalue weighted by atomic mass is 10.0. The van der Waals surface area contributed by atoms with E-state index in [4.69, 9.17) is 0 Å². The third-order valence-corrected chi connectivity index (χ3v) is 4.31. The van der Waals surface area contributed by atoms with Gasteiger partial charge in [0, 0.05) is 37.4 Å². The predicted molar refractivity (Wildman–Crippen MR) is 77.5 cm³/mol. The van der Waals surface area contributed by atoms with Crippen molar-refractivity contribution in [2.24, 2.45) is 5.92 Å². The van der Waals surface area contributed by atoms with Gasteiger partial charge in [-0.3, -0.25) is 4.79 Å². The van der Waals surface area contributed by atoms with Crippen LogP contribution >= 0.6 is 15.9 Å². The number of rotatable bonds is 4. The number of halogens is 1. The van der Waals surface area contributed by atoms with Crippen molar-refractivity contribution in [3.05, 3.63) is 22.7 Å². The van der Waals surface area contributed by atoms with Crippen LogP contribution in [0, 0.1) is 5.92 Å². The maximum atomic E-state index is 12.3. The number of piperidine rings is 1. The Morgan fingerprint density at radius 1 is 1.56 bits per heavy atom. The summed E-state index contributed by atoms with van der Waals surface area (Å²) in [6.45, 7) is 4.73. The Morgan fingerprint density at radius 3 is 3.11 bits per heavy atom. The molecule has 0 aromatic carbocycles. The molecule has 0 bridgehead atoms. The molecule has 1 aliphatic rings. The van der Waals surface area contributed by atoms with E-state index in [1.807, 2.05) is 0 Å². The molecule has 1 aromatic heterocycles. The summed E-state index contributed by atoms with van der Waals surface area (Å²) >= 11 is 3.54. The van der Waals surface area contributed by atoms with E-state index in [1.54, 1.807) is 17.0 Å². The van der Waals surface area contributed by atoms with Gasteiger partial charge >= 0.3 is 0 Å². The van der Waals surface area contributed by atoms with Gasteiger partial charge in [0.1, 0.15) is 0 Å². The first-order chi connectivity index (χ1) is 8.76. The summed E-state index contributed by atoms with van der Waals surface area (Å²) in [5, 5.41) is 0.999. The average molecular weight is 314 g/mol. The first-order valence-electron chi connectivity index (χ1n) is 6.62. The maximum Gasteiger partial charge on any atom is 0.293 e. The SMILES string of the molecule is CCCn1ccnc(N2CCCC(CBr)C2)c1=O. The van der Waals surface area contributed by atoms with Crippen LogP contribution in [0.3, 0.4) is 0 Å². The van der Waals surface area contributed by atoms with Gasteiger partial charge in [-0.05, 0) is 25.2 Å². The monoisotopic (exact) mass is 313 g/mol. The quantitative estimate of drug-likeness (QED) is 0.800.